The quantitative estimate of drug-likeness (QED) is 0.815. The van der Waals surface area contributed by atoms with Crippen LogP contribution in [0.1, 0.15) is 43.0 Å². The van der Waals surface area contributed by atoms with Gasteiger partial charge in [-0.2, -0.15) is 5.10 Å². The molecule has 0 saturated heterocycles. The third-order valence-electron chi connectivity index (χ3n) is 3.63. The average molecular weight is 256 g/mol. The molecule has 0 atom stereocenters. The highest BCUT2D eigenvalue weighted by Crippen LogP contribution is 2.32. The second-order valence-electron chi connectivity index (χ2n) is 5.04. The van der Waals surface area contributed by atoms with Gasteiger partial charge in [0.05, 0.1) is 17.3 Å². The summed E-state index contributed by atoms with van der Waals surface area (Å²) in [6.45, 7) is 2.25. The van der Waals surface area contributed by atoms with Gasteiger partial charge >= 0.3 is 0 Å². The summed E-state index contributed by atoms with van der Waals surface area (Å²) in [6, 6.07) is 0. The minimum absolute atomic E-state index is 0.0889. The Balaban J connectivity index is 2.02. The largest absolute Gasteiger partial charge is 0.345 e. The maximum absolute atomic E-state index is 12.0. The number of halogens is 1. The van der Waals surface area contributed by atoms with E-state index >= 15 is 0 Å². The number of hydrogen-bond donors (Lipinski definition) is 2. The predicted molar refractivity (Wildman–Crippen MR) is 67.1 cm³/mol. The first-order valence-corrected chi connectivity index (χ1v) is 6.56. The zero-order valence-corrected chi connectivity index (χ0v) is 10.8. The molecule has 0 unspecified atom stereocenters. The Labute approximate surface area is 106 Å². The van der Waals surface area contributed by atoms with Crippen molar-refractivity contribution >= 4 is 17.5 Å². The molecule has 4 nitrogen and oxygen atoms in total. The summed E-state index contributed by atoms with van der Waals surface area (Å²) in [5.74, 6) is 1.12. The summed E-state index contributed by atoms with van der Waals surface area (Å²) >= 11 is 6.05. The van der Waals surface area contributed by atoms with E-state index in [0.717, 1.165) is 31.6 Å². The molecule has 17 heavy (non-hydrogen) atoms. The molecule has 0 spiro atoms. The number of carbonyl (C=O) groups excluding carboxylic acids is 1. The predicted octanol–water partition coefficient (Wildman–Crippen LogP) is 2.33. The number of alkyl halides is 1. The van der Waals surface area contributed by atoms with Crippen molar-refractivity contribution < 1.29 is 4.79 Å². The molecular formula is C12H18ClN3O. The molecule has 1 fully saturated rings. The van der Waals surface area contributed by atoms with Crippen molar-refractivity contribution in [2.75, 3.05) is 5.88 Å². The Morgan fingerprint density at radius 2 is 2.35 bits per heavy atom. The second kappa shape index (κ2) is 5.08. The van der Waals surface area contributed by atoms with Crippen molar-refractivity contribution in [3.63, 3.8) is 0 Å². The molecule has 1 aromatic heterocycles. The van der Waals surface area contributed by atoms with E-state index in [-0.39, 0.29) is 11.4 Å². The Morgan fingerprint density at radius 3 is 2.88 bits per heavy atom. The van der Waals surface area contributed by atoms with E-state index in [0.29, 0.717) is 11.4 Å². The Kier molecular flexibility index (Phi) is 3.72. The zero-order chi connectivity index (χ0) is 12.3. The molecule has 0 aromatic carbocycles. The summed E-state index contributed by atoms with van der Waals surface area (Å²) in [5.41, 5.74) is 0.329. The zero-order valence-electron chi connectivity index (χ0n) is 10.0. The molecule has 0 bridgehead atoms. The molecule has 94 valence electrons. The topological polar surface area (TPSA) is 57.8 Å². The molecule has 2 rings (SSSR count). The van der Waals surface area contributed by atoms with Crippen molar-refractivity contribution in [3.8, 4) is 0 Å². The van der Waals surface area contributed by atoms with E-state index in [1.165, 1.54) is 6.20 Å². The van der Waals surface area contributed by atoms with Gasteiger partial charge in [0.2, 0.25) is 0 Å². The van der Waals surface area contributed by atoms with Gasteiger partial charge in [-0.3, -0.25) is 9.89 Å². The van der Waals surface area contributed by atoms with Gasteiger partial charge in [0.1, 0.15) is 0 Å². The third-order valence-corrected chi connectivity index (χ3v) is 4.14. The monoisotopic (exact) mass is 255 g/mol. The molecule has 1 aromatic rings. The third kappa shape index (κ3) is 2.80. The summed E-state index contributed by atoms with van der Waals surface area (Å²) in [4.78, 5) is 12.0. The number of H-pyrrole nitrogens is 1. The molecule has 1 heterocycles. The van der Waals surface area contributed by atoms with Crippen molar-refractivity contribution in [3.05, 3.63) is 18.0 Å². The summed E-state index contributed by atoms with van der Waals surface area (Å²) in [6.07, 6.45) is 7.30. The van der Waals surface area contributed by atoms with Crippen LogP contribution in [0, 0.1) is 5.92 Å². The van der Waals surface area contributed by atoms with Crippen molar-refractivity contribution in [1.29, 1.82) is 0 Å². The minimum atomic E-state index is -0.234. The SMILES string of the molecule is CC1CCC(CCl)(NC(=O)c2cn[nH]c2)CC1. The van der Waals surface area contributed by atoms with Gasteiger partial charge in [-0.15, -0.1) is 11.6 Å². The summed E-state index contributed by atoms with van der Waals surface area (Å²) in [7, 11) is 0. The van der Waals surface area contributed by atoms with Crippen molar-refractivity contribution in [2.45, 2.75) is 38.1 Å². The average Bonchev–Trinajstić information content (AvgIpc) is 2.86. The number of aromatic amines is 1. The molecule has 1 aliphatic carbocycles. The van der Waals surface area contributed by atoms with Gasteiger partial charge in [-0.05, 0) is 31.6 Å². The molecule has 1 aliphatic rings. The fourth-order valence-corrected chi connectivity index (χ4v) is 2.63. The van der Waals surface area contributed by atoms with Crippen LogP contribution in [0.4, 0.5) is 0 Å². The first kappa shape index (κ1) is 12.4. The van der Waals surface area contributed by atoms with Crippen LogP contribution in [0.5, 0.6) is 0 Å². The minimum Gasteiger partial charge on any atom is -0.345 e. The molecule has 0 radical (unpaired) electrons. The van der Waals surface area contributed by atoms with Crippen LogP contribution in [0.25, 0.3) is 0 Å². The number of nitrogens with one attached hydrogen (secondary N) is 2. The molecule has 5 heteroatoms. The number of rotatable bonds is 3. The summed E-state index contributed by atoms with van der Waals surface area (Å²) < 4.78 is 0. The van der Waals surface area contributed by atoms with Gasteiger partial charge in [-0.25, -0.2) is 0 Å². The standard InChI is InChI=1S/C12H18ClN3O/c1-9-2-4-12(8-13,5-3-9)16-11(17)10-6-14-15-7-10/h6-7,9H,2-5,8H2,1H3,(H,14,15)(H,16,17). The van der Waals surface area contributed by atoms with Crippen LogP contribution in [0.3, 0.4) is 0 Å². The highest BCUT2D eigenvalue weighted by Gasteiger charge is 2.35. The Bertz CT molecular complexity index is 369. The lowest BCUT2D eigenvalue weighted by Gasteiger charge is -2.38. The second-order valence-corrected chi connectivity index (χ2v) is 5.30. The number of nitrogens with zero attached hydrogens (tertiary/aromatic N) is 1. The van der Waals surface area contributed by atoms with Gasteiger partial charge in [0.25, 0.3) is 5.91 Å². The van der Waals surface area contributed by atoms with Crippen LogP contribution in [-0.2, 0) is 0 Å². The molecular weight excluding hydrogens is 238 g/mol. The van der Waals surface area contributed by atoms with E-state index in [1.807, 2.05) is 0 Å². The lowest BCUT2D eigenvalue weighted by molar-refractivity contribution is 0.0872. The molecule has 1 saturated carbocycles. The highest BCUT2D eigenvalue weighted by atomic mass is 35.5. The highest BCUT2D eigenvalue weighted by molar-refractivity contribution is 6.19. The maximum Gasteiger partial charge on any atom is 0.254 e. The lowest BCUT2D eigenvalue weighted by atomic mass is 9.78. The fourth-order valence-electron chi connectivity index (χ4n) is 2.29. The van der Waals surface area contributed by atoms with Crippen LogP contribution in [0.15, 0.2) is 12.4 Å². The lowest BCUT2D eigenvalue weighted by Crippen LogP contribution is -2.52. The maximum atomic E-state index is 12.0. The molecule has 0 aliphatic heterocycles. The van der Waals surface area contributed by atoms with E-state index in [1.54, 1.807) is 6.20 Å². The van der Waals surface area contributed by atoms with Gasteiger partial charge in [0, 0.05) is 12.1 Å². The van der Waals surface area contributed by atoms with Gasteiger partial charge in [0.15, 0.2) is 0 Å². The number of carbonyl (C=O) groups is 1. The first-order valence-electron chi connectivity index (χ1n) is 6.02. The van der Waals surface area contributed by atoms with Crippen LogP contribution in [-0.4, -0.2) is 27.5 Å². The molecule has 2 N–H and O–H groups in total. The molecule has 1 amide bonds. The Hall–Kier alpha value is -1.03. The number of aromatic nitrogens is 2. The van der Waals surface area contributed by atoms with Crippen LogP contribution < -0.4 is 5.32 Å². The van der Waals surface area contributed by atoms with E-state index in [2.05, 4.69) is 22.4 Å². The normalized spacial score (nSPS) is 28.9. The summed E-state index contributed by atoms with van der Waals surface area (Å²) in [5, 5.41) is 9.49. The van der Waals surface area contributed by atoms with E-state index in [9.17, 15) is 4.79 Å². The fraction of sp³-hybridized carbons (Fsp3) is 0.667. The van der Waals surface area contributed by atoms with E-state index in [4.69, 9.17) is 11.6 Å². The first-order chi connectivity index (χ1) is 8.15. The van der Waals surface area contributed by atoms with Gasteiger partial charge < -0.3 is 5.32 Å². The van der Waals surface area contributed by atoms with E-state index < -0.39 is 0 Å². The smallest absolute Gasteiger partial charge is 0.254 e. The van der Waals surface area contributed by atoms with Crippen molar-refractivity contribution in [1.82, 2.24) is 15.5 Å². The number of hydrogen-bond acceptors (Lipinski definition) is 2. The van der Waals surface area contributed by atoms with Crippen molar-refractivity contribution in [2.24, 2.45) is 5.92 Å². The van der Waals surface area contributed by atoms with Crippen LogP contribution >= 0.6 is 11.6 Å². The Morgan fingerprint density at radius 1 is 1.65 bits per heavy atom. The van der Waals surface area contributed by atoms with Gasteiger partial charge in [-0.1, -0.05) is 6.92 Å². The number of amides is 1. The van der Waals surface area contributed by atoms with Crippen LogP contribution in [0.2, 0.25) is 0 Å².